The van der Waals surface area contributed by atoms with Crippen LogP contribution in [0.25, 0.3) is 11.5 Å². The van der Waals surface area contributed by atoms with Gasteiger partial charge in [-0.3, -0.25) is 9.78 Å². The molecule has 6 nitrogen and oxygen atoms in total. The Kier molecular flexibility index (Phi) is 5.51. The van der Waals surface area contributed by atoms with Crippen molar-refractivity contribution in [2.45, 2.75) is 26.2 Å². The molecule has 0 spiro atoms. The molecule has 3 aromatic rings. The van der Waals surface area contributed by atoms with Crippen molar-refractivity contribution in [3.8, 4) is 11.5 Å². The summed E-state index contributed by atoms with van der Waals surface area (Å²) in [7, 11) is 0. The molecule has 2 heterocycles. The van der Waals surface area contributed by atoms with Gasteiger partial charge in [0.25, 0.3) is 0 Å². The summed E-state index contributed by atoms with van der Waals surface area (Å²) in [5.74, 6) is 0.909. The fraction of sp³-hybridized carbons (Fsp3) is 0.263. The minimum atomic E-state index is -0.0361. The van der Waals surface area contributed by atoms with Crippen molar-refractivity contribution < 1.29 is 9.21 Å². The van der Waals surface area contributed by atoms with Crippen molar-refractivity contribution in [1.82, 2.24) is 20.5 Å². The molecular formula is C19H20N4O2. The zero-order valence-corrected chi connectivity index (χ0v) is 14.1. The van der Waals surface area contributed by atoms with Gasteiger partial charge in [-0.2, -0.15) is 0 Å². The molecule has 2 aromatic heterocycles. The molecule has 0 aliphatic carbocycles. The van der Waals surface area contributed by atoms with Gasteiger partial charge in [0.2, 0.25) is 17.7 Å². The predicted octanol–water partition coefficient (Wildman–Crippen LogP) is 2.73. The van der Waals surface area contributed by atoms with Crippen molar-refractivity contribution in [2.24, 2.45) is 0 Å². The minimum absolute atomic E-state index is 0.0361. The molecule has 25 heavy (non-hydrogen) atoms. The van der Waals surface area contributed by atoms with Crippen LogP contribution in [0.15, 0.2) is 53.1 Å². The van der Waals surface area contributed by atoms with E-state index in [9.17, 15) is 4.79 Å². The van der Waals surface area contributed by atoms with Gasteiger partial charge in [-0.15, -0.1) is 10.2 Å². The smallest absolute Gasteiger partial charge is 0.247 e. The summed E-state index contributed by atoms with van der Waals surface area (Å²) in [4.78, 5) is 16.1. The number of pyridine rings is 1. The van der Waals surface area contributed by atoms with E-state index in [1.165, 1.54) is 5.56 Å². The highest BCUT2D eigenvalue weighted by Crippen LogP contribution is 2.18. The monoisotopic (exact) mass is 336 g/mol. The van der Waals surface area contributed by atoms with E-state index in [-0.39, 0.29) is 5.91 Å². The summed E-state index contributed by atoms with van der Waals surface area (Å²) in [6.07, 6.45) is 3.20. The van der Waals surface area contributed by atoms with Gasteiger partial charge in [-0.1, -0.05) is 23.8 Å². The van der Waals surface area contributed by atoms with E-state index in [1.807, 2.05) is 49.4 Å². The van der Waals surface area contributed by atoms with E-state index >= 15 is 0 Å². The number of rotatable bonds is 7. The molecule has 1 aromatic carbocycles. The van der Waals surface area contributed by atoms with Crippen LogP contribution in [-0.4, -0.2) is 27.6 Å². The first-order valence-electron chi connectivity index (χ1n) is 8.27. The SMILES string of the molecule is Cc1ccc(-c2nnc(CCC(=O)NCCc3ccccn3)o2)cc1. The van der Waals surface area contributed by atoms with Crippen LogP contribution in [0.2, 0.25) is 0 Å². The topological polar surface area (TPSA) is 80.9 Å². The molecular weight excluding hydrogens is 316 g/mol. The number of carbonyl (C=O) groups is 1. The zero-order chi connectivity index (χ0) is 17.5. The van der Waals surface area contributed by atoms with Gasteiger partial charge in [-0.25, -0.2) is 0 Å². The van der Waals surface area contributed by atoms with Crippen LogP contribution < -0.4 is 5.32 Å². The number of benzene rings is 1. The molecule has 0 unspecified atom stereocenters. The second-order valence-corrected chi connectivity index (χ2v) is 5.79. The second kappa shape index (κ2) is 8.19. The van der Waals surface area contributed by atoms with Crippen molar-refractivity contribution in [2.75, 3.05) is 6.54 Å². The standard InChI is InChI=1S/C19H20N4O2/c1-14-5-7-15(8-6-14)19-23-22-18(25-19)10-9-17(24)21-13-11-16-4-2-3-12-20-16/h2-8,12H,9-11,13H2,1H3,(H,21,24). The van der Waals surface area contributed by atoms with Gasteiger partial charge in [0.1, 0.15) is 0 Å². The van der Waals surface area contributed by atoms with Crippen LogP contribution in [0.1, 0.15) is 23.6 Å². The zero-order valence-electron chi connectivity index (χ0n) is 14.1. The number of carbonyl (C=O) groups excluding carboxylic acids is 1. The summed E-state index contributed by atoms with van der Waals surface area (Å²) in [6.45, 7) is 2.59. The highest BCUT2D eigenvalue weighted by atomic mass is 16.4. The predicted molar refractivity (Wildman–Crippen MR) is 93.7 cm³/mol. The summed E-state index contributed by atoms with van der Waals surface area (Å²) >= 11 is 0. The number of nitrogens with one attached hydrogen (secondary N) is 1. The highest BCUT2D eigenvalue weighted by molar-refractivity contribution is 5.76. The van der Waals surface area contributed by atoms with Crippen LogP contribution in [0, 0.1) is 6.92 Å². The van der Waals surface area contributed by atoms with Gasteiger partial charge < -0.3 is 9.73 Å². The van der Waals surface area contributed by atoms with Crippen molar-refractivity contribution >= 4 is 5.91 Å². The number of aromatic nitrogens is 3. The molecule has 0 bridgehead atoms. The summed E-state index contributed by atoms with van der Waals surface area (Å²) < 4.78 is 5.62. The average molecular weight is 336 g/mol. The Morgan fingerprint density at radius 3 is 2.68 bits per heavy atom. The number of hydrogen-bond donors (Lipinski definition) is 1. The number of hydrogen-bond acceptors (Lipinski definition) is 5. The van der Waals surface area contributed by atoms with Crippen molar-refractivity contribution in [1.29, 1.82) is 0 Å². The van der Waals surface area contributed by atoms with Crippen LogP contribution in [-0.2, 0) is 17.6 Å². The van der Waals surface area contributed by atoms with E-state index in [2.05, 4.69) is 20.5 Å². The van der Waals surface area contributed by atoms with E-state index in [0.29, 0.717) is 37.6 Å². The maximum Gasteiger partial charge on any atom is 0.247 e. The van der Waals surface area contributed by atoms with Gasteiger partial charge in [0.05, 0.1) is 0 Å². The van der Waals surface area contributed by atoms with E-state index in [1.54, 1.807) is 6.20 Å². The lowest BCUT2D eigenvalue weighted by atomic mass is 10.1. The van der Waals surface area contributed by atoms with Gasteiger partial charge >= 0.3 is 0 Å². The molecule has 128 valence electrons. The summed E-state index contributed by atoms with van der Waals surface area (Å²) in [6, 6.07) is 13.6. The third kappa shape index (κ3) is 4.97. The third-order valence-electron chi connectivity index (χ3n) is 3.76. The molecule has 0 radical (unpaired) electrons. The van der Waals surface area contributed by atoms with E-state index in [0.717, 1.165) is 11.3 Å². The first-order valence-corrected chi connectivity index (χ1v) is 8.27. The number of aryl methyl sites for hydroxylation is 2. The molecule has 0 saturated carbocycles. The first kappa shape index (κ1) is 16.8. The van der Waals surface area contributed by atoms with Crippen molar-refractivity contribution in [3.63, 3.8) is 0 Å². The molecule has 3 rings (SSSR count). The van der Waals surface area contributed by atoms with Crippen molar-refractivity contribution in [3.05, 3.63) is 65.8 Å². The maximum atomic E-state index is 11.9. The van der Waals surface area contributed by atoms with Gasteiger partial charge in [0.15, 0.2) is 0 Å². The molecule has 0 fully saturated rings. The third-order valence-corrected chi connectivity index (χ3v) is 3.76. The lowest BCUT2D eigenvalue weighted by Gasteiger charge is -2.03. The maximum absolute atomic E-state index is 11.9. The first-order chi connectivity index (χ1) is 12.2. The Balaban J connectivity index is 1.44. The van der Waals surface area contributed by atoms with Gasteiger partial charge in [-0.05, 0) is 31.2 Å². The number of amides is 1. The lowest BCUT2D eigenvalue weighted by Crippen LogP contribution is -2.26. The minimum Gasteiger partial charge on any atom is -0.421 e. The molecule has 1 N–H and O–H groups in total. The Hall–Kier alpha value is -3.02. The van der Waals surface area contributed by atoms with Crippen LogP contribution in [0.3, 0.4) is 0 Å². The molecule has 0 aliphatic rings. The average Bonchev–Trinajstić information content (AvgIpc) is 3.10. The molecule has 6 heteroatoms. The quantitative estimate of drug-likeness (QED) is 0.717. The highest BCUT2D eigenvalue weighted by Gasteiger charge is 2.10. The Morgan fingerprint density at radius 2 is 1.92 bits per heavy atom. The molecule has 0 aliphatic heterocycles. The fourth-order valence-electron chi connectivity index (χ4n) is 2.35. The van der Waals surface area contributed by atoms with Crippen LogP contribution in [0.5, 0.6) is 0 Å². The summed E-state index contributed by atoms with van der Waals surface area (Å²) in [5, 5.41) is 10.9. The van der Waals surface area contributed by atoms with E-state index < -0.39 is 0 Å². The molecule has 0 saturated heterocycles. The Bertz CT molecular complexity index is 813. The number of nitrogens with zero attached hydrogens (tertiary/aromatic N) is 3. The Morgan fingerprint density at radius 1 is 1.08 bits per heavy atom. The van der Waals surface area contributed by atoms with Crippen LogP contribution in [0.4, 0.5) is 0 Å². The molecule has 0 atom stereocenters. The lowest BCUT2D eigenvalue weighted by molar-refractivity contribution is -0.121. The molecule has 1 amide bonds. The fourth-order valence-corrected chi connectivity index (χ4v) is 2.35. The second-order valence-electron chi connectivity index (χ2n) is 5.79. The normalized spacial score (nSPS) is 10.6. The summed E-state index contributed by atoms with van der Waals surface area (Å²) in [5.41, 5.74) is 3.01. The van der Waals surface area contributed by atoms with Crippen LogP contribution >= 0.6 is 0 Å². The van der Waals surface area contributed by atoms with E-state index in [4.69, 9.17) is 4.42 Å². The van der Waals surface area contributed by atoms with Gasteiger partial charge in [0, 0.05) is 43.3 Å². The largest absolute Gasteiger partial charge is 0.421 e. The Labute approximate surface area is 146 Å².